The number of amides is 1. The number of alkyl halides is 1. The Balaban J connectivity index is 2.30. The Hall–Kier alpha value is -0.290. The molecule has 4 nitrogen and oxygen atoms in total. The quantitative estimate of drug-likeness (QED) is 0.782. The first-order chi connectivity index (χ1) is 6.83. The molecule has 0 radical (unpaired) electrons. The van der Waals surface area contributed by atoms with Crippen LogP contribution in [0, 0.1) is 5.92 Å². The topological polar surface area (TPSA) is 49.8 Å². The normalized spacial score (nSPS) is 19.7. The average molecular weight is 280 g/mol. The molecule has 1 amide bonds. The van der Waals surface area contributed by atoms with Crippen molar-refractivity contribution in [2.45, 2.75) is 32.5 Å². The maximum atomic E-state index is 11.5. The van der Waals surface area contributed by atoms with Crippen molar-refractivity contribution in [3.8, 4) is 0 Å². The van der Waals surface area contributed by atoms with E-state index in [1.807, 2.05) is 20.8 Å². The van der Waals surface area contributed by atoms with Crippen molar-refractivity contribution in [2.24, 2.45) is 5.92 Å². The third-order valence-electron chi connectivity index (χ3n) is 2.26. The van der Waals surface area contributed by atoms with Crippen LogP contribution in [-0.2, 0) is 4.74 Å². The summed E-state index contributed by atoms with van der Waals surface area (Å²) in [5, 5.41) is 10.0. The predicted octanol–water partition coefficient (Wildman–Crippen LogP) is 1.61. The van der Waals surface area contributed by atoms with E-state index in [0.29, 0.717) is 18.4 Å². The van der Waals surface area contributed by atoms with Crippen molar-refractivity contribution in [1.29, 1.82) is 0 Å². The average Bonchev–Trinajstić information content (AvgIpc) is 1.97. The Morgan fingerprint density at radius 3 is 2.53 bits per heavy atom. The van der Waals surface area contributed by atoms with E-state index in [4.69, 9.17) is 4.74 Å². The van der Waals surface area contributed by atoms with Crippen LogP contribution < -0.4 is 0 Å². The molecular weight excluding hydrogens is 262 g/mol. The summed E-state index contributed by atoms with van der Waals surface area (Å²) in [5.41, 5.74) is -0.448. The van der Waals surface area contributed by atoms with Crippen molar-refractivity contribution < 1.29 is 14.6 Å². The third-order valence-corrected chi connectivity index (χ3v) is 2.93. The van der Waals surface area contributed by atoms with E-state index in [2.05, 4.69) is 15.9 Å². The summed E-state index contributed by atoms with van der Waals surface area (Å²) >= 11 is 3.21. The minimum Gasteiger partial charge on any atom is -0.444 e. The fraction of sp³-hybridized carbons (Fsp3) is 0.900. The summed E-state index contributed by atoms with van der Waals surface area (Å²) in [6.07, 6.45) is -0.663. The zero-order valence-corrected chi connectivity index (χ0v) is 11.0. The van der Waals surface area contributed by atoms with Crippen LogP contribution in [0.15, 0.2) is 0 Å². The van der Waals surface area contributed by atoms with Gasteiger partial charge in [-0.1, -0.05) is 15.9 Å². The van der Waals surface area contributed by atoms with E-state index in [1.165, 1.54) is 0 Å². The van der Waals surface area contributed by atoms with Gasteiger partial charge in [0.2, 0.25) is 0 Å². The number of hydrogen-bond donors (Lipinski definition) is 1. The molecule has 0 saturated carbocycles. The number of ether oxygens (including phenoxy) is 1. The fourth-order valence-corrected chi connectivity index (χ4v) is 1.89. The molecule has 1 fully saturated rings. The van der Waals surface area contributed by atoms with Crippen LogP contribution in [0.25, 0.3) is 0 Å². The Labute approximate surface area is 98.7 Å². The van der Waals surface area contributed by atoms with Crippen molar-refractivity contribution in [1.82, 2.24) is 4.90 Å². The van der Waals surface area contributed by atoms with Crippen molar-refractivity contribution >= 4 is 22.0 Å². The Morgan fingerprint density at radius 2 is 2.13 bits per heavy atom. The molecule has 15 heavy (non-hydrogen) atoms. The zero-order chi connectivity index (χ0) is 11.6. The van der Waals surface area contributed by atoms with Gasteiger partial charge in [-0.15, -0.1) is 0 Å². The van der Waals surface area contributed by atoms with Crippen LogP contribution in [0.3, 0.4) is 0 Å². The van der Waals surface area contributed by atoms with E-state index in [9.17, 15) is 9.90 Å². The first kappa shape index (κ1) is 12.8. The van der Waals surface area contributed by atoms with Crippen LogP contribution in [-0.4, -0.2) is 46.2 Å². The molecule has 1 aliphatic heterocycles. The van der Waals surface area contributed by atoms with Gasteiger partial charge in [0.15, 0.2) is 0 Å². The van der Waals surface area contributed by atoms with Gasteiger partial charge in [0.1, 0.15) is 5.60 Å². The Bertz CT molecular complexity index is 233. The third kappa shape index (κ3) is 3.65. The maximum absolute atomic E-state index is 11.5. The lowest BCUT2D eigenvalue weighted by atomic mass is 9.95. The van der Waals surface area contributed by atoms with E-state index in [1.54, 1.807) is 4.90 Å². The largest absolute Gasteiger partial charge is 0.444 e. The first-order valence-electron chi connectivity index (χ1n) is 5.05. The van der Waals surface area contributed by atoms with E-state index >= 15 is 0 Å². The molecule has 1 unspecified atom stereocenters. The van der Waals surface area contributed by atoms with Gasteiger partial charge in [-0.3, -0.25) is 0 Å². The van der Waals surface area contributed by atoms with Crippen LogP contribution in [0.5, 0.6) is 0 Å². The number of halogens is 1. The molecule has 0 aliphatic carbocycles. The minimum absolute atomic E-state index is 0.178. The number of likely N-dealkylation sites (tertiary alicyclic amines) is 1. The first-order valence-corrected chi connectivity index (χ1v) is 6.17. The molecule has 0 spiro atoms. The summed E-state index contributed by atoms with van der Waals surface area (Å²) in [6.45, 7) is 6.70. The Morgan fingerprint density at radius 1 is 1.60 bits per heavy atom. The molecule has 0 bridgehead atoms. The highest BCUT2D eigenvalue weighted by atomic mass is 79.9. The summed E-state index contributed by atoms with van der Waals surface area (Å²) < 4.78 is 5.20. The number of nitrogens with zero attached hydrogens (tertiary/aromatic N) is 1. The fourth-order valence-electron chi connectivity index (χ4n) is 1.36. The van der Waals surface area contributed by atoms with E-state index in [-0.39, 0.29) is 18.1 Å². The number of carbonyl (C=O) groups excluding carboxylic acids is 1. The number of aliphatic hydroxyl groups excluding tert-OH is 1. The molecule has 88 valence electrons. The SMILES string of the molecule is CC(C)(C)OC(=O)N1CC(C(O)CBr)C1. The van der Waals surface area contributed by atoms with Gasteiger partial charge in [-0.25, -0.2) is 4.79 Å². The molecule has 1 atom stereocenters. The molecule has 1 rings (SSSR count). The summed E-state index contributed by atoms with van der Waals surface area (Å²) in [4.78, 5) is 13.1. The second-order valence-electron chi connectivity index (χ2n) is 4.87. The maximum Gasteiger partial charge on any atom is 0.410 e. The summed E-state index contributed by atoms with van der Waals surface area (Å²) in [5.74, 6) is 0.178. The number of carbonyl (C=O) groups is 1. The van der Waals surface area contributed by atoms with Gasteiger partial charge < -0.3 is 14.7 Å². The molecule has 1 N–H and O–H groups in total. The second kappa shape index (κ2) is 4.70. The van der Waals surface area contributed by atoms with Crippen LogP contribution >= 0.6 is 15.9 Å². The van der Waals surface area contributed by atoms with E-state index in [0.717, 1.165) is 0 Å². The predicted molar refractivity (Wildman–Crippen MR) is 61.1 cm³/mol. The van der Waals surface area contributed by atoms with Crippen LogP contribution in [0.2, 0.25) is 0 Å². The smallest absolute Gasteiger partial charge is 0.410 e. The molecule has 0 aromatic heterocycles. The highest BCUT2D eigenvalue weighted by Gasteiger charge is 2.36. The molecule has 0 aromatic rings. The van der Waals surface area contributed by atoms with Crippen molar-refractivity contribution in [3.05, 3.63) is 0 Å². The van der Waals surface area contributed by atoms with Crippen molar-refractivity contribution in [2.75, 3.05) is 18.4 Å². The van der Waals surface area contributed by atoms with Gasteiger partial charge in [0.25, 0.3) is 0 Å². The molecule has 1 aliphatic rings. The number of rotatable bonds is 2. The van der Waals surface area contributed by atoms with Crippen LogP contribution in [0.1, 0.15) is 20.8 Å². The summed E-state index contributed by atoms with van der Waals surface area (Å²) in [6, 6.07) is 0. The zero-order valence-electron chi connectivity index (χ0n) is 9.36. The van der Waals surface area contributed by atoms with Gasteiger partial charge in [-0.2, -0.15) is 0 Å². The lowest BCUT2D eigenvalue weighted by molar-refractivity contribution is -0.0249. The molecular formula is C10H18BrNO3. The molecule has 5 heteroatoms. The van der Waals surface area contributed by atoms with Gasteiger partial charge >= 0.3 is 6.09 Å². The monoisotopic (exact) mass is 279 g/mol. The Kier molecular flexibility index (Phi) is 4.00. The number of hydrogen-bond acceptors (Lipinski definition) is 3. The molecule has 1 saturated heterocycles. The van der Waals surface area contributed by atoms with Crippen LogP contribution in [0.4, 0.5) is 4.79 Å². The van der Waals surface area contributed by atoms with Crippen molar-refractivity contribution in [3.63, 3.8) is 0 Å². The van der Waals surface area contributed by atoms with E-state index < -0.39 is 5.60 Å². The lowest BCUT2D eigenvalue weighted by Gasteiger charge is -2.41. The lowest BCUT2D eigenvalue weighted by Crippen LogP contribution is -2.55. The van der Waals surface area contributed by atoms with Gasteiger partial charge in [0.05, 0.1) is 6.10 Å². The highest BCUT2D eigenvalue weighted by Crippen LogP contribution is 2.22. The number of aliphatic hydroxyl groups is 1. The highest BCUT2D eigenvalue weighted by molar-refractivity contribution is 9.09. The van der Waals surface area contributed by atoms with Gasteiger partial charge in [-0.05, 0) is 20.8 Å². The minimum atomic E-state index is -0.448. The molecule has 0 aromatic carbocycles. The molecule has 1 heterocycles. The second-order valence-corrected chi connectivity index (χ2v) is 5.51. The standard InChI is InChI=1S/C10H18BrNO3/c1-10(2,3)15-9(14)12-5-7(6-12)8(13)4-11/h7-8,13H,4-6H2,1-3H3. The van der Waals surface area contributed by atoms with Gasteiger partial charge in [0, 0.05) is 24.3 Å². The summed E-state index contributed by atoms with van der Waals surface area (Å²) in [7, 11) is 0.